The number of thiophene rings is 2. The predicted molar refractivity (Wildman–Crippen MR) is 144 cm³/mol. The number of carboxylic acid groups (broad SMARTS) is 1. The molecule has 5 nitrogen and oxygen atoms in total. The van der Waals surface area contributed by atoms with Crippen molar-refractivity contribution in [1.29, 1.82) is 0 Å². The molecule has 8 heteroatoms. The number of halogens is 1. The molecule has 2 heterocycles. The zero-order valence-electron chi connectivity index (χ0n) is 19.0. The van der Waals surface area contributed by atoms with Crippen LogP contribution in [0.3, 0.4) is 0 Å². The van der Waals surface area contributed by atoms with Gasteiger partial charge in [0.2, 0.25) is 0 Å². The first-order valence-corrected chi connectivity index (χ1v) is 12.8. The number of anilines is 1. The summed E-state index contributed by atoms with van der Waals surface area (Å²) in [7, 11) is 0. The van der Waals surface area contributed by atoms with Gasteiger partial charge in [0.25, 0.3) is 5.91 Å². The highest BCUT2D eigenvalue weighted by Gasteiger charge is 2.26. The van der Waals surface area contributed by atoms with E-state index in [1.54, 1.807) is 29.6 Å². The number of carbonyl (C=O) groups is 2. The molecule has 0 saturated carbocycles. The van der Waals surface area contributed by atoms with Crippen LogP contribution in [-0.2, 0) is 6.61 Å². The van der Waals surface area contributed by atoms with Gasteiger partial charge in [-0.3, -0.25) is 4.79 Å². The van der Waals surface area contributed by atoms with E-state index in [4.69, 9.17) is 16.3 Å². The van der Waals surface area contributed by atoms with Gasteiger partial charge in [-0.05, 0) is 37.1 Å². The minimum Gasteiger partial charge on any atom is -0.487 e. The Kier molecular flexibility index (Phi) is 7.70. The van der Waals surface area contributed by atoms with Gasteiger partial charge in [0.05, 0.1) is 0 Å². The van der Waals surface area contributed by atoms with E-state index in [0.29, 0.717) is 33.4 Å². The van der Waals surface area contributed by atoms with Gasteiger partial charge >= 0.3 is 5.97 Å². The van der Waals surface area contributed by atoms with Crippen LogP contribution < -0.4 is 10.1 Å². The Morgan fingerprint density at radius 1 is 1.11 bits per heavy atom. The Balaban J connectivity index is 1.66. The van der Waals surface area contributed by atoms with Crippen molar-refractivity contribution >= 4 is 57.2 Å². The number of carboxylic acids is 1. The van der Waals surface area contributed by atoms with Crippen molar-refractivity contribution in [1.82, 2.24) is 0 Å². The summed E-state index contributed by atoms with van der Waals surface area (Å²) < 4.78 is 6.12. The van der Waals surface area contributed by atoms with Crippen molar-refractivity contribution in [2.24, 2.45) is 0 Å². The lowest BCUT2D eigenvalue weighted by molar-refractivity contribution is 0.0699. The fourth-order valence-corrected chi connectivity index (χ4v) is 5.65. The third-order valence-corrected chi connectivity index (χ3v) is 7.49. The molecule has 35 heavy (non-hydrogen) atoms. The van der Waals surface area contributed by atoms with E-state index >= 15 is 0 Å². The van der Waals surface area contributed by atoms with Gasteiger partial charge in [-0.1, -0.05) is 66.2 Å². The molecule has 0 aliphatic rings. The molecule has 2 aromatic heterocycles. The number of allylic oxidation sites excluding steroid dienone is 1. The Morgan fingerprint density at radius 3 is 2.49 bits per heavy atom. The van der Waals surface area contributed by atoms with E-state index in [1.165, 1.54) is 22.7 Å². The van der Waals surface area contributed by atoms with E-state index in [2.05, 4.69) is 5.32 Å². The molecule has 0 fully saturated rings. The average molecular weight is 524 g/mol. The summed E-state index contributed by atoms with van der Waals surface area (Å²) in [4.78, 5) is 26.8. The Hall–Kier alpha value is -3.39. The summed E-state index contributed by atoms with van der Waals surface area (Å²) in [6, 6.07) is 16.6. The quantitative estimate of drug-likeness (QED) is 0.245. The number of aryl methyl sites for hydroxylation is 1. The first-order valence-electron chi connectivity index (χ1n) is 10.7. The Morgan fingerprint density at radius 2 is 1.83 bits per heavy atom. The molecule has 0 radical (unpaired) electrons. The van der Waals surface area contributed by atoms with Crippen LogP contribution >= 0.6 is 34.3 Å². The fourth-order valence-electron chi connectivity index (χ4n) is 3.58. The van der Waals surface area contributed by atoms with E-state index in [9.17, 15) is 14.7 Å². The topological polar surface area (TPSA) is 75.6 Å². The van der Waals surface area contributed by atoms with Crippen LogP contribution in [-0.4, -0.2) is 17.0 Å². The summed E-state index contributed by atoms with van der Waals surface area (Å²) >= 11 is 8.46. The highest BCUT2D eigenvalue weighted by atomic mass is 35.5. The first-order chi connectivity index (χ1) is 16.9. The monoisotopic (exact) mass is 523 g/mol. The number of hydrogen-bond acceptors (Lipinski definition) is 5. The van der Waals surface area contributed by atoms with Crippen molar-refractivity contribution in [3.05, 3.63) is 97.5 Å². The number of hydrogen-bond donors (Lipinski definition) is 2. The second-order valence-corrected chi connectivity index (χ2v) is 10.2. The van der Waals surface area contributed by atoms with Crippen molar-refractivity contribution < 1.29 is 19.4 Å². The van der Waals surface area contributed by atoms with Gasteiger partial charge in [-0.25, -0.2) is 4.79 Å². The van der Waals surface area contributed by atoms with Crippen LogP contribution in [0.5, 0.6) is 5.75 Å². The lowest BCUT2D eigenvalue weighted by Crippen LogP contribution is -2.13. The SMILES string of the molecule is C/C=C\c1c(C)sc(C(=O)Nc2scc(-c3ccc(Cl)cc3)c2C(=O)O)c1OCc1ccccc1. The predicted octanol–water partition coefficient (Wildman–Crippen LogP) is 8.00. The molecular weight excluding hydrogens is 502 g/mol. The number of ether oxygens (including phenoxy) is 1. The van der Waals surface area contributed by atoms with Crippen LogP contribution in [0.4, 0.5) is 5.00 Å². The normalized spacial score (nSPS) is 11.1. The number of aromatic carboxylic acids is 1. The molecular formula is C27H22ClNO4S2. The maximum Gasteiger partial charge on any atom is 0.339 e. The lowest BCUT2D eigenvalue weighted by atomic mass is 10.0. The van der Waals surface area contributed by atoms with Gasteiger partial charge in [-0.15, -0.1) is 22.7 Å². The zero-order chi connectivity index (χ0) is 24.9. The van der Waals surface area contributed by atoms with Crippen LogP contribution in [0.15, 0.2) is 66.1 Å². The van der Waals surface area contributed by atoms with E-state index in [1.807, 2.05) is 56.3 Å². The zero-order valence-corrected chi connectivity index (χ0v) is 21.4. The lowest BCUT2D eigenvalue weighted by Gasteiger charge is -2.10. The number of nitrogens with one attached hydrogen (secondary N) is 1. The third kappa shape index (κ3) is 5.48. The molecule has 2 N–H and O–H groups in total. The summed E-state index contributed by atoms with van der Waals surface area (Å²) in [5.74, 6) is -1.05. The second-order valence-electron chi connectivity index (χ2n) is 7.62. The molecule has 0 aliphatic carbocycles. The Bertz CT molecular complexity index is 1390. The molecule has 178 valence electrons. The van der Waals surface area contributed by atoms with Gasteiger partial charge in [-0.2, -0.15) is 0 Å². The van der Waals surface area contributed by atoms with Crippen molar-refractivity contribution in [2.75, 3.05) is 5.32 Å². The molecule has 1 amide bonds. The number of amides is 1. The van der Waals surface area contributed by atoms with Gasteiger partial charge in [0.1, 0.15) is 22.0 Å². The minimum absolute atomic E-state index is 0.0411. The molecule has 0 atom stereocenters. The molecule has 0 saturated heterocycles. The van der Waals surface area contributed by atoms with Gasteiger partial charge < -0.3 is 15.2 Å². The molecule has 0 unspecified atom stereocenters. The summed E-state index contributed by atoms with van der Waals surface area (Å²) in [6.45, 7) is 4.14. The molecule has 0 spiro atoms. The summed E-state index contributed by atoms with van der Waals surface area (Å²) in [6.07, 6.45) is 3.81. The average Bonchev–Trinajstić information content (AvgIpc) is 3.40. The van der Waals surface area contributed by atoms with Crippen LogP contribution in [0.2, 0.25) is 5.02 Å². The van der Waals surface area contributed by atoms with Gasteiger partial charge in [0, 0.05) is 26.4 Å². The first kappa shape index (κ1) is 24.7. The Labute approximate surface area is 216 Å². The minimum atomic E-state index is -1.12. The number of carbonyl (C=O) groups excluding carboxylic acids is 1. The van der Waals surface area contributed by atoms with Crippen LogP contribution in [0, 0.1) is 6.92 Å². The maximum absolute atomic E-state index is 13.4. The summed E-state index contributed by atoms with van der Waals surface area (Å²) in [5.41, 5.74) is 3.09. The highest BCUT2D eigenvalue weighted by molar-refractivity contribution is 7.16. The maximum atomic E-state index is 13.4. The van der Waals surface area contributed by atoms with Crippen molar-refractivity contribution in [3.63, 3.8) is 0 Å². The highest BCUT2D eigenvalue weighted by Crippen LogP contribution is 2.40. The fraction of sp³-hybridized carbons (Fsp3) is 0.111. The van der Waals surface area contributed by atoms with E-state index < -0.39 is 11.9 Å². The molecule has 4 rings (SSSR count). The number of rotatable bonds is 8. The van der Waals surface area contributed by atoms with E-state index in [-0.39, 0.29) is 10.6 Å². The van der Waals surface area contributed by atoms with Gasteiger partial charge in [0.15, 0.2) is 5.75 Å². The molecule has 0 bridgehead atoms. The standard InChI is InChI=1S/C27H22ClNO4S2/c1-3-7-20-16(2)35-24(23(20)33-14-17-8-5-4-6-9-17)25(30)29-26-22(27(31)32)21(15-34-26)18-10-12-19(28)13-11-18/h3-13,15H,14H2,1-2H3,(H,29,30)(H,31,32)/b7-3-. The number of benzene rings is 2. The summed E-state index contributed by atoms with van der Waals surface area (Å²) in [5, 5.41) is 15.3. The van der Waals surface area contributed by atoms with E-state index in [0.717, 1.165) is 16.0 Å². The largest absolute Gasteiger partial charge is 0.487 e. The van der Waals surface area contributed by atoms with Crippen molar-refractivity contribution in [2.45, 2.75) is 20.5 Å². The van der Waals surface area contributed by atoms with Crippen LogP contribution in [0.1, 0.15) is 43.0 Å². The smallest absolute Gasteiger partial charge is 0.339 e. The molecule has 0 aliphatic heterocycles. The third-order valence-electron chi connectivity index (χ3n) is 5.24. The molecule has 2 aromatic carbocycles. The second kappa shape index (κ2) is 10.9. The van der Waals surface area contributed by atoms with Crippen LogP contribution in [0.25, 0.3) is 17.2 Å². The molecule has 4 aromatic rings. The van der Waals surface area contributed by atoms with Crippen molar-refractivity contribution in [3.8, 4) is 16.9 Å².